The van der Waals surface area contributed by atoms with Crippen LogP contribution in [0.1, 0.15) is 21.5 Å². The molecule has 0 aliphatic carbocycles. The summed E-state index contributed by atoms with van der Waals surface area (Å²) < 4.78 is 6.79. The monoisotopic (exact) mass is 409 g/mol. The minimum atomic E-state index is -0.302. The molecule has 3 aromatic rings. The number of ether oxygens (including phenoxy) is 1. The lowest BCUT2D eigenvalue weighted by Gasteiger charge is -2.06. The normalized spacial score (nSPS) is 10.7. The zero-order valence-electron chi connectivity index (χ0n) is 13.8. The van der Waals surface area contributed by atoms with Gasteiger partial charge in [0.2, 0.25) is 0 Å². The topological polar surface area (TPSA) is 63.6 Å². The zero-order chi connectivity index (χ0) is 18.2. The predicted octanol–water partition coefficient (Wildman–Crippen LogP) is 4.19. The van der Waals surface area contributed by atoms with Crippen LogP contribution in [0.25, 0.3) is 0 Å². The van der Waals surface area contributed by atoms with Gasteiger partial charge >= 0.3 is 0 Å². The summed E-state index contributed by atoms with van der Waals surface area (Å²) in [6.45, 7) is 0.502. The molecule has 0 aliphatic heterocycles. The minimum Gasteiger partial charge on any atom is -0.489 e. The van der Waals surface area contributed by atoms with Crippen molar-refractivity contribution >= 4 is 28.1 Å². The zero-order valence-corrected chi connectivity index (χ0v) is 15.4. The van der Waals surface area contributed by atoms with E-state index >= 15 is 0 Å². The molecule has 0 fully saturated rings. The van der Waals surface area contributed by atoms with Crippen LogP contribution in [0.4, 0.5) is 0 Å². The van der Waals surface area contributed by atoms with Gasteiger partial charge in [0.1, 0.15) is 12.4 Å². The van der Waals surface area contributed by atoms with E-state index in [2.05, 4.69) is 31.4 Å². The summed E-state index contributed by atoms with van der Waals surface area (Å²) >= 11 is 3.41. The Kier molecular flexibility index (Phi) is 6.11. The molecule has 0 spiro atoms. The second-order valence-electron chi connectivity index (χ2n) is 5.43. The molecule has 0 saturated heterocycles. The Morgan fingerprint density at radius 1 is 1.12 bits per heavy atom. The summed E-state index contributed by atoms with van der Waals surface area (Å²) in [4.78, 5) is 15.7. The number of carbonyl (C=O) groups excluding carboxylic acids is 1. The standard InChI is InChI=1S/C20H16BrN3O2/c21-18-7-3-16(4-8-18)14-26-19-9-5-15(6-10-19)12-23-24-20(25)17-2-1-11-22-13-17/h1-13H,14H2,(H,24,25). The Bertz CT molecular complexity index is 879. The van der Waals surface area contributed by atoms with Gasteiger partial charge in [-0.3, -0.25) is 9.78 Å². The van der Waals surface area contributed by atoms with E-state index < -0.39 is 0 Å². The maximum Gasteiger partial charge on any atom is 0.272 e. The number of aromatic nitrogens is 1. The fourth-order valence-electron chi connectivity index (χ4n) is 2.12. The molecule has 0 saturated carbocycles. The molecule has 0 atom stereocenters. The molecule has 0 bridgehead atoms. The quantitative estimate of drug-likeness (QED) is 0.490. The van der Waals surface area contributed by atoms with Crippen molar-refractivity contribution in [3.63, 3.8) is 0 Å². The van der Waals surface area contributed by atoms with E-state index in [4.69, 9.17) is 4.74 Å². The molecule has 1 heterocycles. The van der Waals surface area contributed by atoms with E-state index in [-0.39, 0.29) is 5.91 Å². The highest BCUT2D eigenvalue weighted by Crippen LogP contribution is 2.15. The average molecular weight is 410 g/mol. The first-order valence-corrected chi connectivity index (χ1v) is 8.71. The van der Waals surface area contributed by atoms with E-state index in [0.717, 1.165) is 21.3 Å². The van der Waals surface area contributed by atoms with Crippen LogP contribution in [0.5, 0.6) is 5.75 Å². The first-order chi connectivity index (χ1) is 12.7. The van der Waals surface area contributed by atoms with Crippen molar-refractivity contribution in [2.45, 2.75) is 6.61 Å². The van der Waals surface area contributed by atoms with Crippen LogP contribution < -0.4 is 10.2 Å². The third-order valence-electron chi connectivity index (χ3n) is 3.50. The number of rotatable bonds is 6. The van der Waals surface area contributed by atoms with Gasteiger partial charge in [-0.15, -0.1) is 0 Å². The van der Waals surface area contributed by atoms with Crippen molar-refractivity contribution < 1.29 is 9.53 Å². The van der Waals surface area contributed by atoms with Crippen molar-refractivity contribution in [3.8, 4) is 5.75 Å². The second kappa shape index (κ2) is 8.92. The number of amides is 1. The third kappa shape index (κ3) is 5.26. The molecule has 1 amide bonds. The highest BCUT2D eigenvalue weighted by Gasteiger charge is 2.02. The fourth-order valence-corrected chi connectivity index (χ4v) is 2.39. The molecule has 130 valence electrons. The molecule has 1 N–H and O–H groups in total. The first kappa shape index (κ1) is 17.8. The van der Waals surface area contributed by atoms with E-state index in [0.29, 0.717) is 12.2 Å². The maximum absolute atomic E-state index is 11.8. The molecule has 6 heteroatoms. The predicted molar refractivity (Wildman–Crippen MR) is 104 cm³/mol. The van der Waals surface area contributed by atoms with Crippen molar-refractivity contribution in [1.29, 1.82) is 0 Å². The number of halogens is 1. The molecular weight excluding hydrogens is 394 g/mol. The van der Waals surface area contributed by atoms with Crippen molar-refractivity contribution in [2.75, 3.05) is 0 Å². The molecule has 2 aromatic carbocycles. The molecular formula is C20H16BrN3O2. The number of hydrogen-bond acceptors (Lipinski definition) is 4. The molecule has 0 unspecified atom stereocenters. The number of nitrogens with zero attached hydrogens (tertiary/aromatic N) is 2. The Labute approximate surface area is 159 Å². The van der Waals surface area contributed by atoms with Crippen LogP contribution in [0.2, 0.25) is 0 Å². The SMILES string of the molecule is O=C(NN=Cc1ccc(OCc2ccc(Br)cc2)cc1)c1cccnc1. The van der Waals surface area contributed by atoms with Crippen LogP contribution in [-0.4, -0.2) is 17.1 Å². The van der Waals surface area contributed by atoms with Crippen LogP contribution in [-0.2, 0) is 6.61 Å². The van der Waals surface area contributed by atoms with Gasteiger partial charge in [0.05, 0.1) is 11.8 Å². The van der Waals surface area contributed by atoms with E-state index in [1.807, 2.05) is 48.5 Å². The van der Waals surface area contributed by atoms with Gasteiger partial charge in [0.25, 0.3) is 5.91 Å². The molecule has 26 heavy (non-hydrogen) atoms. The number of pyridine rings is 1. The highest BCUT2D eigenvalue weighted by molar-refractivity contribution is 9.10. The van der Waals surface area contributed by atoms with E-state index in [1.54, 1.807) is 24.5 Å². The Morgan fingerprint density at radius 3 is 2.58 bits per heavy atom. The molecule has 0 aliphatic rings. The summed E-state index contributed by atoms with van der Waals surface area (Å²) in [6.07, 6.45) is 4.68. The second-order valence-corrected chi connectivity index (χ2v) is 6.34. The maximum atomic E-state index is 11.8. The van der Waals surface area contributed by atoms with Crippen LogP contribution in [0.3, 0.4) is 0 Å². The lowest BCUT2D eigenvalue weighted by Crippen LogP contribution is -2.17. The Hall–Kier alpha value is -2.99. The molecule has 5 nitrogen and oxygen atoms in total. The highest BCUT2D eigenvalue weighted by atomic mass is 79.9. The lowest BCUT2D eigenvalue weighted by atomic mass is 10.2. The van der Waals surface area contributed by atoms with Crippen molar-refractivity contribution in [1.82, 2.24) is 10.4 Å². The number of benzene rings is 2. The number of hydrogen-bond donors (Lipinski definition) is 1. The summed E-state index contributed by atoms with van der Waals surface area (Å²) in [5.41, 5.74) is 4.88. The van der Waals surface area contributed by atoms with Gasteiger partial charge < -0.3 is 4.74 Å². The van der Waals surface area contributed by atoms with Gasteiger partial charge in [-0.2, -0.15) is 5.10 Å². The Morgan fingerprint density at radius 2 is 1.88 bits per heavy atom. The minimum absolute atomic E-state index is 0.302. The fraction of sp³-hybridized carbons (Fsp3) is 0.0500. The summed E-state index contributed by atoms with van der Waals surface area (Å²) in [6, 6.07) is 18.8. The largest absolute Gasteiger partial charge is 0.489 e. The lowest BCUT2D eigenvalue weighted by molar-refractivity contribution is 0.0955. The van der Waals surface area contributed by atoms with E-state index in [9.17, 15) is 4.79 Å². The van der Waals surface area contributed by atoms with Crippen molar-refractivity contribution in [2.24, 2.45) is 5.10 Å². The van der Waals surface area contributed by atoms with Gasteiger partial charge in [-0.1, -0.05) is 28.1 Å². The van der Waals surface area contributed by atoms with Gasteiger partial charge in [0.15, 0.2) is 0 Å². The Balaban J connectivity index is 1.51. The molecule has 0 radical (unpaired) electrons. The first-order valence-electron chi connectivity index (χ1n) is 7.91. The third-order valence-corrected chi connectivity index (χ3v) is 4.03. The summed E-state index contributed by atoms with van der Waals surface area (Å²) in [5.74, 6) is 0.466. The average Bonchev–Trinajstić information content (AvgIpc) is 2.69. The van der Waals surface area contributed by atoms with Crippen LogP contribution in [0.15, 0.2) is 82.6 Å². The van der Waals surface area contributed by atoms with E-state index in [1.165, 1.54) is 6.20 Å². The van der Waals surface area contributed by atoms with Crippen molar-refractivity contribution in [3.05, 3.63) is 94.2 Å². The smallest absolute Gasteiger partial charge is 0.272 e. The number of nitrogens with one attached hydrogen (secondary N) is 1. The number of hydrazone groups is 1. The molecule has 3 rings (SSSR count). The summed E-state index contributed by atoms with van der Waals surface area (Å²) in [5, 5.41) is 3.95. The summed E-state index contributed by atoms with van der Waals surface area (Å²) in [7, 11) is 0. The van der Waals surface area contributed by atoms with Gasteiger partial charge in [0, 0.05) is 16.9 Å². The number of carbonyl (C=O) groups is 1. The van der Waals surface area contributed by atoms with Crippen LogP contribution in [0, 0.1) is 0 Å². The molecule has 1 aromatic heterocycles. The van der Waals surface area contributed by atoms with Crippen LogP contribution >= 0.6 is 15.9 Å². The van der Waals surface area contributed by atoms with Gasteiger partial charge in [-0.25, -0.2) is 5.43 Å². The van der Waals surface area contributed by atoms with Gasteiger partial charge in [-0.05, 0) is 59.7 Å².